The summed E-state index contributed by atoms with van der Waals surface area (Å²) in [5.41, 5.74) is 0.528. The van der Waals surface area contributed by atoms with Crippen LogP contribution in [-0.4, -0.2) is 53.3 Å². The monoisotopic (exact) mass is 423 g/mol. The Morgan fingerprint density at radius 1 is 1.18 bits per heavy atom. The van der Waals surface area contributed by atoms with Crippen molar-refractivity contribution in [2.75, 3.05) is 13.1 Å². The number of nitrogens with zero attached hydrogens (tertiary/aromatic N) is 3. The van der Waals surface area contributed by atoms with Crippen molar-refractivity contribution in [3.05, 3.63) is 24.3 Å². The number of esters is 1. The van der Waals surface area contributed by atoms with Crippen molar-refractivity contribution in [2.24, 2.45) is 0 Å². The Kier molecular flexibility index (Phi) is 5.44. The summed E-state index contributed by atoms with van der Waals surface area (Å²) < 4.78 is 38.1. The number of carbonyl (C=O) groups is 1. The Balaban J connectivity index is 1.53. The van der Waals surface area contributed by atoms with E-state index in [9.17, 15) is 13.2 Å². The van der Waals surface area contributed by atoms with E-state index >= 15 is 0 Å². The van der Waals surface area contributed by atoms with Crippen molar-refractivity contribution in [3.63, 3.8) is 0 Å². The van der Waals surface area contributed by atoms with E-state index in [2.05, 4.69) is 10.2 Å². The maximum Gasteiger partial charge on any atom is 0.320 e. The van der Waals surface area contributed by atoms with Gasteiger partial charge >= 0.3 is 5.97 Å². The number of thioether (sulfide) groups is 1. The molecule has 1 aromatic carbocycles. The van der Waals surface area contributed by atoms with Crippen LogP contribution in [0.25, 0.3) is 11.5 Å². The van der Waals surface area contributed by atoms with Gasteiger partial charge in [-0.25, -0.2) is 8.42 Å². The fourth-order valence-corrected chi connectivity index (χ4v) is 5.90. The van der Waals surface area contributed by atoms with Crippen molar-refractivity contribution in [1.82, 2.24) is 14.5 Å². The molecule has 28 heavy (non-hydrogen) atoms. The first-order valence-corrected chi connectivity index (χ1v) is 11.6. The third kappa shape index (κ3) is 3.94. The van der Waals surface area contributed by atoms with Crippen LogP contribution in [0.4, 0.5) is 0 Å². The third-order valence-electron chi connectivity index (χ3n) is 4.81. The summed E-state index contributed by atoms with van der Waals surface area (Å²) in [5, 5.41) is 7.88. The first kappa shape index (κ1) is 19.4. The smallest absolute Gasteiger partial charge is 0.320 e. The molecule has 0 radical (unpaired) electrons. The van der Waals surface area contributed by atoms with Crippen molar-refractivity contribution >= 4 is 27.8 Å². The van der Waals surface area contributed by atoms with Gasteiger partial charge in [0.1, 0.15) is 11.4 Å². The molecule has 0 bridgehead atoms. The number of sulfonamides is 1. The van der Waals surface area contributed by atoms with Gasteiger partial charge in [0.2, 0.25) is 15.9 Å². The van der Waals surface area contributed by atoms with Crippen LogP contribution in [0.1, 0.15) is 32.6 Å². The van der Waals surface area contributed by atoms with Gasteiger partial charge in [-0.15, -0.1) is 10.2 Å². The molecule has 0 spiro atoms. The van der Waals surface area contributed by atoms with Gasteiger partial charge in [0.15, 0.2) is 0 Å². The van der Waals surface area contributed by atoms with Gasteiger partial charge in [-0.05, 0) is 49.7 Å². The quantitative estimate of drug-likeness (QED) is 0.677. The molecule has 2 aliphatic rings. The second kappa shape index (κ2) is 7.84. The summed E-state index contributed by atoms with van der Waals surface area (Å²) >= 11 is 1.17. The molecule has 0 amide bonds. The molecular formula is C18H21N3O5S2. The molecule has 1 aromatic heterocycles. The summed E-state index contributed by atoms with van der Waals surface area (Å²) in [6.07, 6.45) is 3.28. The molecular weight excluding hydrogens is 402 g/mol. The Morgan fingerprint density at radius 3 is 2.68 bits per heavy atom. The number of hydrogen-bond acceptors (Lipinski definition) is 8. The Labute approximate surface area is 167 Å². The van der Waals surface area contributed by atoms with Crippen LogP contribution in [0.2, 0.25) is 0 Å². The van der Waals surface area contributed by atoms with Crippen molar-refractivity contribution in [3.8, 4) is 11.5 Å². The van der Waals surface area contributed by atoms with Gasteiger partial charge in [0.25, 0.3) is 5.22 Å². The number of piperidine rings is 1. The fourth-order valence-electron chi connectivity index (χ4n) is 3.36. The summed E-state index contributed by atoms with van der Waals surface area (Å²) in [7, 11) is -3.54. The lowest BCUT2D eigenvalue weighted by atomic mass is 10.2. The van der Waals surface area contributed by atoms with Crippen LogP contribution < -0.4 is 0 Å². The average molecular weight is 424 g/mol. The van der Waals surface area contributed by atoms with Gasteiger partial charge in [-0.2, -0.15) is 4.31 Å². The van der Waals surface area contributed by atoms with Crippen LogP contribution in [0, 0.1) is 0 Å². The Morgan fingerprint density at radius 2 is 1.96 bits per heavy atom. The Bertz CT molecular complexity index is 969. The molecule has 0 saturated carbocycles. The number of ether oxygens (including phenoxy) is 1. The van der Waals surface area contributed by atoms with Gasteiger partial charge in [0, 0.05) is 25.1 Å². The highest BCUT2D eigenvalue weighted by molar-refractivity contribution is 8.00. The lowest BCUT2D eigenvalue weighted by Crippen LogP contribution is -2.35. The molecule has 2 aliphatic heterocycles. The number of cyclic esters (lactones) is 1. The maximum absolute atomic E-state index is 12.9. The minimum Gasteiger partial charge on any atom is -0.462 e. The van der Waals surface area contributed by atoms with Gasteiger partial charge in [0.05, 0.1) is 4.90 Å². The summed E-state index contributed by atoms with van der Waals surface area (Å²) in [6, 6.07) is 6.52. The minimum atomic E-state index is -3.54. The van der Waals surface area contributed by atoms with E-state index in [1.807, 2.05) is 6.92 Å². The van der Waals surface area contributed by atoms with E-state index in [0.717, 1.165) is 19.3 Å². The average Bonchev–Trinajstić information content (AvgIpc) is 3.29. The van der Waals surface area contributed by atoms with Crippen LogP contribution >= 0.6 is 11.8 Å². The van der Waals surface area contributed by atoms with Gasteiger partial charge in [-0.1, -0.05) is 12.5 Å². The standard InChI is InChI=1S/C18H21N3O5S2/c1-12-10-15(17(22)25-12)27-18-20-19-16(26-18)13-6-5-7-14(11-13)28(23,24)21-8-3-2-4-9-21/h5-7,11-12,15H,2-4,8-10H2,1H3/t12-,15+/m1/s1. The second-order valence-corrected chi connectivity index (χ2v) is 10.0. The zero-order valence-corrected chi connectivity index (χ0v) is 17.0. The summed E-state index contributed by atoms with van der Waals surface area (Å²) in [4.78, 5) is 12.0. The van der Waals surface area contributed by atoms with Gasteiger partial charge in [-0.3, -0.25) is 4.79 Å². The molecule has 2 atom stereocenters. The lowest BCUT2D eigenvalue weighted by Gasteiger charge is -2.25. The minimum absolute atomic E-state index is 0.121. The van der Waals surface area contributed by atoms with Crippen molar-refractivity contribution in [1.29, 1.82) is 0 Å². The highest BCUT2D eigenvalue weighted by Gasteiger charge is 2.34. The molecule has 2 saturated heterocycles. The summed E-state index contributed by atoms with van der Waals surface area (Å²) in [6.45, 7) is 2.93. The molecule has 0 aliphatic carbocycles. The van der Waals surface area contributed by atoms with E-state index in [-0.39, 0.29) is 33.3 Å². The molecule has 0 unspecified atom stereocenters. The SMILES string of the molecule is C[C@@H]1C[C@H](Sc2nnc(-c3cccc(S(=O)(=O)N4CCCCC4)c3)o2)C(=O)O1. The lowest BCUT2D eigenvalue weighted by molar-refractivity contribution is -0.140. The van der Waals surface area contributed by atoms with Crippen molar-refractivity contribution in [2.45, 2.75) is 54.1 Å². The largest absolute Gasteiger partial charge is 0.462 e. The van der Waals surface area contributed by atoms with E-state index < -0.39 is 10.0 Å². The predicted molar refractivity (Wildman–Crippen MR) is 102 cm³/mol. The predicted octanol–water partition coefficient (Wildman–Crippen LogP) is 2.71. The highest BCUT2D eigenvalue weighted by Crippen LogP contribution is 2.33. The number of rotatable bonds is 5. The first-order valence-electron chi connectivity index (χ1n) is 9.25. The molecule has 150 valence electrons. The Hall–Kier alpha value is -1.91. The summed E-state index contributed by atoms with van der Waals surface area (Å²) in [5.74, 6) is -0.0653. The number of carbonyl (C=O) groups excluding carboxylic acids is 1. The molecule has 4 rings (SSSR count). The zero-order valence-electron chi connectivity index (χ0n) is 15.4. The fraction of sp³-hybridized carbons (Fsp3) is 0.500. The van der Waals surface area contributed by atoms with E-state index in [0.29, 0.717) is 25.1 Å². The topological polar surface area (TPSA) is 103 Å². The number of benzene rings is 1. The second-order valence-electron chi connectivity index (χ2n) is 6.96. The highest BCUT2D eigenvalue weighted by atomic mass is 32.2. The maximum atomic E-state index is 12.9. The molecule has 10 heteroatoms. The number of hydrogen-bond donors (Lipinski definition) is 0. The van der Waals surface area contributed by atoms with Crippen LogP contribution in [0.3, 0.4) is 0 Å². The van der Waals surface area contributed by atoms with E-state index in [4.69, 9.17) is 9.15 Å². The normalized spacial score (nSPS) is 23.7. The first-order chi connectivity index (χ1) is 13.4. The van der Waals surface area contributed by atoms with Crippen molar-refractivity contribution < 1.29 is 22.4 Å². The molecule has 3 heterocycles. The zero-order chi connectivity index (χ0) is 19.7. The molecule has 8 nitrogen and oxygen atoms in total. The molecule has 0 N–H and O–H groups in total. The molecule has 2 aromatic rings. The van der Waals surface area contributed by atoms with E-state index in [1.54, 1.807) is 24.3 Å². The van der Waals surface area contributed by atoms with Gasteiger partial charge < -0.3 is 9.15 Å². The van der Waals surface area contributed by atoms with E-state index in [1.165, 1.54) is 16.1 Å². The van der Waals surface area contributed by atoms with Crippen LogP contribution in [0.5, 0.6) is 0 Å². The van der Waals surface area contributed by atoms with Crippen LogP contribution in [0.15, 0.2) is 38.8 Å². The third-order valence-corrected chi connectivity index (χ3v) is 7.74. The van der Waals surface area contributed by atoms with Crippen LogP contribution in [-0.2, 0) is 19.6 Å². The number of aromatic nitrogens is 2. The molecule has 2 fully saturated rings.